The molecule has 1 amide bonds. The van der Waals surface area contributed by atoms with E-state index in [0.717, 1.165) is 5.69 Å². The Morgan fingerprint density at radius 3 is 2.61 bits per heavy atom. The number of aromatic nitrogens is 1. The van der Waals surface area contributed by atoms with Crippen LogP contribution in [-0.4, -0.2) is 24.0 Å². The van der Waals surface area contributed by atoms with Gasteiger partial charge >= 0.3 is 5.97 Å². The Labute approximate surface area is 107 Å². The summed E-state index contributed by atoms with van der Waals surface area (Å²) in [6.45, 7) is 3.92. The number of pyridine rings is 1. The molecule has 1 unspecified atom stereocenters. The molecule has 0 bridgehead atoms. The highest BCUT2D eigenvalue weighted by molar-refractivity contribution is 5.97. The van der Waals surface area contributed by atoms with Crippen LogP contribution in [0.15, 0.2) is 24.4 Å². The minimum atomic E-state index is -0.779. The van der Waals surface area contributed by atoms with Gasteiger partial charge in [-0.2, -0.15) is 0 Å². The van der Waals surface area contributed by atoms with E-state index in [1.54, 1.807) is 12.3 Å². The molecular formula is C13H18N2O3. The van der Waals surface area contributed by atoms with Gasteiger partial charge in [0, 0.05) is 6.20 Å². The van der Waals surface area contributed by atoms with E-state index in [0.29, 0.717) is 6.54 Å². The molecule has 1 aromatic rings. The number of ether oxygens (including phenoxy) is 1. The molecule has 0 aromatic carbocycles. The lowest BCUT2D eigenvalue weighted by atomic mass is 9.95. The van der Waals surface area contributed by atoms with Gasteiger partial charge in [0.1, 0.15) is 5.92 Å². The molecule has 1 aromatic heterocycles. The molecule has 1 heterocycles. The summed E-state index contributed by atoms with van der Waals surface area (Å²) in [5, 5.41) is 2.69. The minimum absolute atomic E-state index is 0.110. The smallest absolute Gasteiger partial charge is 0.318 e. The maximum Gasteiger partial charge on any atom is 0.318 e. The van der Waals surface area contributed by atoms with Crippen molar-refractivity contribution in [3.05, 3.63) is 30.1 Å². The monoisotopic (exact) mass is 250 g/mol. The second kappa shape index (κ2) is 6.74. The first kappa shape index (κ1) is 14.2. The summed E-state index contributed by atoms with van der Waals surface area (Å²) >= 11 is 0. The van der Waals surface area contributed by atoms with Gasteiger partial charge in [0.15, 0.2) is 0 Å². The number of carbonyl (C=O) groups excluding carboxylic acids is 2. The number of carbonyl (C=O) groups is 2. The molecule has 0 spiro atoms. The van der Waals surface area contributed by atoms with Crippen molar-refractivity contribution in [1.29, 1.82) is 0 Å². The van der Waals surface area contributed by atoms with Gasteiger partial charge in [0.25, 0.3) is 0 Å². The van der Waals surface area contributed by atoms with Crippen molar-refractivity contribution in [2.45, 2.75) is 20.4 Å². The van der Waals surface area contributed by atoms with Gasteiger partial charge in [-0.25, -0.2) is 0 Å². The van der Waals surface area contributed by atoms with E-state index >= 15 is 0 Å². The standard InChI is InChI=1S/C13H18N2O3/c1-9(2)11(13(17)18-3)12(16)15-8-10-6-4-5-7-14-10/h4-7,9,11H,8H2,1-3H3,(H,15,16). The van der Waals surface area contributed by atoms with Crippen LogP contribution in [-0.2, 0) is 20.9 Å². The van der Waals surface area contributed by atoms with Gasteiger partial charge < -0.3 is 10.1 Å². The molecule has 1 atom stereocenters. The first-order chi connectivity index (χ1) is 8.56. The number of esters is 1. The SMILES string of the molecule is COC(=O)C(C(=O)NCc1ccccn1)C(C)C. The van der Waals surface area contributed by atoms with E-state index < -0.39 is 11.9 Å². The lowest BCUT2D eigenvalue weighted by Crippen LogP contribution is -2.38. The first-order valence-electron chi connectivity index (χ1n) is 5.81. The Morgan fingerprint density at radius 1 is 1.39 bits per heavy atom. The van der Waals surface area contributed by atoms with Crippen LogP contribution in [0, 0.1) is 11.8 Å². The lowest BCUT2D eigenvalue weighted by Gasteiger charge is -2.17. The maximum absolute atomic E-state index is 11.9. The molecule has 0 aliphatic rings. The third-order valence-electron chi connectivity index (χ3n) is 2.57. The van der Waals surface area contributed by atoms with Crippen LogP contribution in [0.4, 0.5) is 0 Å². The van der Waals surface area contributed by atoms with Gasteiger partial charge in [-0.05, 0) is 18.1 Å². The molecule has 0 fully saturated rings. The van der Waals surface area contributed by atoms with Crippen molar-refractivity contribution in [3.63, 3.8) is 0 Å². The van der Waals surface area contributed by atoms with E-state index in [9.17, 15) is 9.59 Å². The molecule has 0 aliphatic carbocycles. The third-order valence-corrected chi connectivity index (χ3v) is 2.57. The number of nitrogens with zero attached hydrogens (tertiary/aromatic N) is 1. The number of methoxy groups -OCH3 is 1. The average Bonchev–Trinajstić information content (AvgIpc) is 2.37. The van der Waals surface area contributed by atoms with Gasteiger partial charge in [-0.3, -0.25) is 14.6 Å². The van der Waals surface area contributed by atoms with Crippen LogP contribution in [0.1, 0.15) is 19.5 Å². The quantitative estimate of drug-likeness (QED) is 0.628. The maximum atomic E-state index is 11.9. The normalized spacial score (nSPS) is 12.0. The molecule has 18 heavy (non-hydrogen) atoms. The zero-order valence-electron chi connectivity index (χ0n) is 10.8. The Morgan fingerprint density at radius 2 is 2.11 bits per heavy atom. The molecule has 5 heteroatoms. The van der Waals surface area contributed by atoms with Gasteiger partial charge in [0.05, 0.1) is 19.3 Å². The summed E-state index contributed by atoms with van der Waals surface area (Å²) in [4.78, 5) is 27.5. The summed E-state index contributed by atoms with van der Waals surface area (Å²) in [6, 6.07) is 5.45. The van der Waals surface area contributed by atoms with Crippen molar-refractivity contribution in [1.82, 2.24) is 10.3 Å². The highest BCUT2D eigenvalue weighted by Gasteiger charge is 2.30. The summed E-state index contributed by atoms with van der Waals surface area (Å²) in [7, 11) is 1.28. The average molecular weight is 250 g/mol. The summed E-state index contributed by atoms with van der Waals surface area (Å²) in [5.41, 5.74) is 0.748. The van der Waals surface area contributed by atoms with Gasteiger partial charge in [-0.1, -0.05) is 19.9 Å². The van der Waals surface area contributed by atoms with Crippen LogP contribution >= 0.6 is 0 Å². The Bertz CT molecular complexity index is 404. The van der Waals surface area contributed by atoms with Crippen molar-refractivity contribution in [3.8, 4) is 0 Å². The largest absolute Gasteiger partial charge is 0.468 e. The Balaban J connectivity index is 2.60. The van der Waals surface area contributed by atoms with Crippen LogP contribution in [0.25, 0.3) is 0 Å². The first-order valence-corrected chi connectivity index (χ1v) is 5.81. The van der Waals surface area contributed by atoms with Crippen LogP contribution in [0.3, 0.4) is 0 Å². The molecular weight excluding hydrogens is 232 g/mol. The number of nitrogens with one attached hydrogen (secondary N) is 1. The fourth-order valence-corrected chi connectivity index (χ4v) is 1.60. The summed E-state index contributed by atoms with van der Waals surface area (Å²) in [5.74, 6) is -1.73. The van der Waals surface area contributed by atoms with Crippen molar-refractivity contribution in [2.75, 3.05) is 7.11 Å². The fourth-order valence-electron chi connectivity index (χ4n) is 1.60. The van der Waals surface area contributed by atoms with Gasteiger partial charge in [-0.15, -0.1) is 0 Å². The van der Waals surface area contributed by atoms with E-state index in [1.165, 1.54) is 7.11 Å². The Hall–Kier alpha value is -1.91. The van der Waals surface area contributed by atoms with E-state index in [4.69, 9.17) is 0 Å². The topological polar surface area (TPSA) is 68.3 Å². The van der Waals surface area contributed by atoms with E-state index in [2.05, 4.69) is 15.0 Å². The molecule has 0 saturated carbocycles. The van der Waals surface area contributed by atoms with Crippen LogP contribution in [0.2, 0.25) is 0 Å². The molecule has 1 N–H and O–H groups in total. The minimum Gasteiger partial charge on any atom is -0.468 e. The molecule has 0 saturated heterocycles. The molecule has 0 radical (unpaired) electrons. The fraction of sp³-hybridized carbons (Fsp3) is 0.462. The zero-order valence-corrected chi connectivity index (χ0v) is 10.8. The number of amides is 1. The van der Waals surface area contributed by atoms with E-state index in [-0.39, 0.29) is 11.8 Å². The van der Waals surface area contributed by atoms with Crippen molar-refractivity contribution >= 4 is 11.9 Å². The number of hydrogen-bond donors (Lipinski definition) is 1. The Kier molecular flexibility index (Phi) is 5.30. The van der Waals surface area contributed by atoms with Gasteiger partial charge in [0.2, 0.25) is 5.91 Å². The second-order valence-electron chi connectivity index (χ2n) is 4.28. The van der Waals surface area contributed by atoms with Crippen LogP contribution in [0.5, 0.6) is 0 Å². The molecule has 5 nitrogen and oxygen atoms in total. The third kappa shape index (κ3) is 3.84. The van der Waals surface area contributed by atoms with Crippen molar-refractivity contribution in [2.24, 2.45) is 11.8 Å². The number of rotatable bonds is 5. The highest BCUT2D eigenvalue weighted by atomic mass is 16.5. The summed E-state index contributed by atoms with van der Waals surface area (Å²) in [6.07, 6.45) is 1.65. The predicted molar refractivity (Wildman–Crippen MR) is 66.4 cm³/mol. The molecule has 98 valence electrons. The molecule has 1 rings (SSSR count). The second-order valence-corrected chi connectivity index (χ2v) is 4.28. The predicted octanol–water partition coefficient (Wildman–Crippen LogP) is 1.14. The summed E-state index contributed by atoms with van der Waals surface area (Å²) < 4.78 is 4.63. The zero-order chi connectivity index (χ0) is 13.5. The lowest BCUT2D eigenvalue weighted by molar-refractivity contribution is -0.151. The van der Waals surface area contributed by atoms with Crippen molar-refractivity contribution < 1.29 is 14.3 Å². The van der Waals surface area contributed by atoms with Crippen LogP contribution < -0.4 is 5.32 Å². The highest BCUT2D eigenvalue weighted by Crippen LogP contribution is 2.13. The number of hydrogen-bond acceptors (Lipinski definition) is 4. The molecule has 0 aliphatic heterocycles. The van der Waals surface area contributed by atoms with E-state index in [1.807, 2.05) is 26.0 Å².